The molecule has 8 heteroatoms. The summed E-state index contributed by atoms with van der Waals surface area (Å²) >= 11 is 0. The van der Waals surface area contributed by atoms with E-state index in [1.807, 2.05) is 42.3 Å². The average molecular weight is 417 g/mol. The molecule has 2 aliphatic rings. The van der Waals surface area contributed by atoms with Crippen molar-refractivity contribution in [1.82, 2.24) is 9.58 Å². The minimum Gasteiger partial charge on any atom is -0.502 e. The highest BCUT2D eigenvalue weighted by atomic mass is 19.3. The highest BCUT2D eigenvalue weighted by Gasteiger charge is 2.47. The van der Waals surface area contributed by atoms with Crippen LogP contribution in [-0.2, 0) is 0 Å². The van der Waals surface area contributed by atoms with Gasteiger partial charge in [-0.05, 0) is 37.7 Å². The maximum atomic E-state index is 13.1. The van der Waals surface area contributed by atoms with Gasteiger partial charge < -0.3 is 10.0 Å². The molecule has 6 nitrogen and oxygen atoms in total. The highest BCUT2D eigenvalue weighted by Crippen LogP contribution is 2.43. The van der Waals surface area contributed by atoms with Gasteiger partial charge in [-0.15, -0.1) is 0 Å². The lowest BCUT2D eigenvalue weighted by molar-refractivity contribution is 0.0399. The number of aromatic hydroxyl groups is 1. The van der Waals surface area contributed by atoms with Crippen LogP contribution in [0.15, 0.2) is 47.4 Å². The maximum absolute atomic E-state index is 13.1. The lowest BCUT2D eigenvalue weighted by atomic mass is 9.81. The Morgan fingerprint density at radius 3 is 2.53 bits per heavy atom. The van der Waals surface area contributed by atoms with E-state index in [1.54, 1.807) is 9.58 Å². The summed E-state index contributed by atoms with van der Waals surface area (Å²) in [4.78, 5) is 26.8. The second-order valence-electron chi connectivity index (χ2n) is 7.83. The van der Waals surface area contributed by atoms with Gasteiger partial charge in [-0.25, -0.2) is 8.78 Å². The number of alkyl halides is 2. The second kappa shape index (κ2) is 8.08. The van der Waals surface area contributed by atoms with E-state index in [4.69, 9.17) is 0 Å². The first kappa shape index (κ1) is 20.4. The van der Waals surface area contributed by atoms with Crippen LogP contribution in [0.4, 0.5) is 8.78 Å². The van der Waals surface area contributed by atoms with E-state index in [2.05, 4.69) is 0 Å². The van der Waals surface area contributed by atoms with E-state index < -0.39 is 23.5 Å². The quantitative estimate of drug-likeness (QED) is 0.809. The van der Waals surface area contributed by atoms with Crippen LogP contribution in [0.1, 0.15) is 54.7 Å². The number of rotatable bonds is 5. The van der Waals surface area contributed by atoms with Crippen LogP contribution in [0.2, 0.25) is 0 Å². The first-order valence-corrected chi connectivity index (χ1v) is 10.3. The molecule has 1 aromatic heterocycles. The number of halogens is 2. The van der Waals surface area contributed by atoms with Gasteiger partial charge in [0.2, 0.25) is 11.9 Å². The smallest absolute Gasteiger partial charge is 0.278 e. The number of aromatic nitrogens is 1. The number of nitrogens with zero attached hydrogens (tertiary/aromatic N) is 3. The minimum absolute atomic E-state index is 0.0565. The Bertz CT molecular complexity index is 979. The molecule has 1 fully saturated rings. The van der Waals surface area contributed by atoms with Gasteiger partial charge >= 0.3 is 0 Å². The topological polar surface area (TPSA) is 65.8 Å². The Labute approximate surface area is 173 Å². The molecule has 0 spiro atoms. The number of pyridine rings is 1. The van der Waals surface area contributed by atoms with Crippen molar-refractivity contribution < 1.29 is 18.7 Å². The van der Waals surface area contributed by atoms with E-state index >= 15 is 0 Å². The Hall–Kier alpha value is -2.90. The third-order valence-electron chi connectivity index (χ3n) is 6.20. The Morgan fingerprint density at radius 2 is 1.87 bits per heavy atom. The molecule has 1 aromatic carbocycles. The summed E-state index contributed by atoms with van der Waals surface area (Å²) in [5.74, 6) is -1.04. The minimum atomic E-state index is -2.37. The van der Waals surface area contributed by atoms with Crippen molar-refractivity contribution in [3.63, 3.8) is 0 Å². The van der Waals surface area contributed by atoms with E-state index in [9.17, 15) is 23.5 Å². The molecule has 3 atom stereocenters. The number of hydrogen-bond acceptors (Lipinski definition) is 4. The van der Waals surface area contributed by atoms with Gasteiger partial charge in [0.15, 0.2) is 11.4 Å². The number of piperidine rings is 1. The lowest BCUT2D eigenvalue weighted by Crippen LogP contribution is -2.65. The fourth-order valence-corrected chi connectivity index (χ4v) is 4.88. The first-order valence-electron chi connectivity index (χ1n) is 10.3. The Balaban J connectivity index is 1.88. The van der Waals surface area contributed by atoms with Gasteiger partial charge in [-0.2, -0.15) is 0 Å². The Kier molecular flexibility index (Phi) is 5.49. The van der Waals surface area contributed by atoms with Gasteiger partial charge in [0.1, 0.15) is 6.17 Å². The summed E-state index contributed by atoms with van der Waals surface area (Å²) in [5.41, 5.74) is 0.263. The molecule has 4 rings (SSSR count). The van der Waals surface area contributed by atoms with Crippen LogP contribution in [-0.4, -0.2) is 39.7 Å². The van der Waals surface area contributed by atoms with Crippen molar-refractivity contribution in [1.29, 1.82) is 0 Å². The SMILES string of the molecule is CCN1C(=O)c2c(O)c(=O)ccn2N2C(c3ccccc3)C(CCC(F)F)CCC12. The Morgan fingerprint density at radius 1 is 1.13 bits per heavy atom. The molecule has 30 heavy (non-hydrogen) atoms. The fraction of sp³-hybridized carbons (Fsp3) is 0.455. The van der Waals surface area contributed by atoms with Crippen molar-refractivity contribution in [2.24, 2.45) is 5.92 Å². The molecule has 3 unspecified atom stereocenters. The number of carbonyl (C=O) groups is 1. The van der Waals surface area contributed by atoms with Crippen LogP contribution in [0.3, 0.4) is 0 Å². The molecule has 0 radical (unpaired) electrons. The number of carbonyl (C=O) groups excluding carboxylic acids is 1. The standard InChI is InChI=1S/C22H25F2N3O3/c1-2-25-18-11-9-15(8-10-17(23)24)19(14-6-4-3-5-7-14)27(18)26-13-12-16(28)21(29)20(26)22(25)30/h3-7,12-13,15,17-19,29H,2,8-11H2,1H3. The predicted octanol–water partition coefficient (Wildman–Crippen LogP) is 3.49. The third kappa shape index (κ3) is 3.34. The van der Waals surface area contributed by atoms with Gasteiger partial charge in [-0.3, -0.25) is 19.3 Å². The molecule has 0 saturated carbocycles. The van der Waals surface area contributed by atoms with E-state index in [-0.39, 0.29) is 30.2 Å². The van der Waals surface area contributed by atoms with Gasteiger partial charge in [0.05, 0.1) is 6.04 Å². The highest BCUT2D eigenvalue weighted by molar-refractivity contribution is 5.96. The molecule has 3 heterocycles. The summed E-state index contributed by atoms with van der Waals surface area (Å²) in [6, 6.07) is 10.6. The zero-order valence-corrected chi connectivity index (χ0v) is 16.7. The van der Waals surface area contributed by atoms with Gasteiger partial charge in [0, 0.05) is 25.2 Å². The number of amides is 1. The van der Waals surface area contributed by atoms with Gasteiger partial charge in [-0.1, -0.05) is 30.3 Å². The zero-order chi connectivity index (χ0) is 21.4. The van der Waals surface area contributed by atoms with Crippen LogP contribution in [0, 0.1) is 5.92 Å². The monoisotopic (exact) mass is 417 g/mol. The van der Waals surface area contributed by atoms with Crippen molar-refractivity contribution >= 4 is 5.91 Å². The van der Waals surface area contributed by atoms with Crippen LogP contribution in [0.5, 0.6) is 5.75 Å². The second-order valence-corrected chi connectivity index (χ2v) is 7.83. The maximum Gasteiger partial charge on any atom is 0.278 e. The molecule has 1 saturated heterocycles. The summed E-state index contributed by atoms with van der Waals surface area (Å²) in [6.07, 6.45) is 0.335. The number of benzene rings is 1. The largest absolute Gasteiger partial charge is 0.502 e. The summed E-state index contributed by atoms with van der Waals surface area (Å²) < 4.78 is 27.6. The average Bonchev–Trinajstić information content (AvgIpc) is 2.75. The van der Waals surface area contributed by atoms with Crippen LogP contribution < -0.4 is 10.4 Å². The van der Waals surface area contributed by atoms with Crippen molar-refractivity contribution in [3.05, 3.63) is 64.1 Å². The fourth-order valence-electron chi connectivity index (χ4n) is 4.88. The van der Waals surface area contributed by atoms with E-state index in [0.717, 1.165) is 5.56 Å². The van der Waals surface area contributed by atoms with Gasteiger partial charge in [0.25, 0.3) is 5.91 Å². The third-order valence-corrected chi connectivity index (χ3v) is 6.20. The van der Waals surface area contributed by atoms with E-state index in [0.29, 0.717) is 25.8 Å². The van der Waals surface area contributed by atoms with Crippen molar-refractivity contribution in [3.8, 4) is 5.75 Å². The summed E-state index contributed by atoms with van der Waals surface area (Å²) in [7, 11) is 0. The number of hydrogen-bond donors (Lipinski definition) is 1. The zero-order valence-electron chi connectivity index (χ0n) is 16.7. The van der Waals surface area contributed by atoms with E-state index in [1.165, 1.54) is 12.3 Å². The predicted molar refractivity (Wildman–Crippen MR) is 108 cm³/mol. The summed E-state index contributed by atoms with van der Waals surface area (Å²) in [5, 5.41) is 12.4. The first-order chi connectivity index (χ1) is 14.4. The molecule has 2 aliphatic heterocycles. The van der Waals surface area contributed by atoms with Crippen molar-refractivity contribution in [2.75, 3.05) is 11.6 Å². The number of fused-ring (bicyclic) bond motifs is 3. The molecule has 1 amide bonds. The normalized spacial score (nSPS) is 23.5. The molecule has 1 N–H and O–H groups in total. The molecule has 0 bridgehead atoms. The van der Waals surface area contributed by atoms with Crippen LogP contribution in [0.25, 0.3) is 0 Å². The molecule has 2 aromatic rings. The lowest BCUT2D eigenvalue weighted by Gasteiger charge is -2.54. The van der Waals surface area contributed by atoms with Crippen molar-refractivity contribution in [2.45, 2.75) is 51.2 Å². The molecular weight excluding hydrogens is 392 g/mol. The van der Waals surface area contributed by atoms with Crippen LogP contribution >= 0.6 is 0 Å². The molecule has 160 valence electrons. The molecular formula is C22H25F2N3O3. The summed E-state index contributed by atoms with van der Waals surface area (Å²) in [6.45, 7) is 2.26. The molecule has 0 aliphatic carbocycles.